The van der Waals surface area contributed by atoms with E-state index < -0.39 is 6.04 Å². The Morgan fingerprint density at radius 2 is 2.05 bits per heavy atom. The van der Waals surface area contributed by atoms with Crippen molar-refractivity contribution in [2.24, 2.45) is 0 Å². The quantitative estimate of drug-likeness (QED) is 0.801. The van der Waals surface area contributed by atoms with Gasteiger partial charge in [-0.1, -0.05) is 13.8 Å². The topological polar surface area (TPSA) is 74.6 Å². The zero-order valence-electron chi connectivity index (χ0n) is 13.9. The summed E-state index contributed by atoms with van der Waals surface area (Å²) in [6.07, 6.45) is 6.22. The third kappa shape index (κ3) is 4.38. The fourth-order valence-electron chi connectivity index (χ4n) is 2.13. The zero-order valence-corrected chi connectivity index (χ0v) is 13.9. The van der Waals surface area contributed by atoms with E-state index in [1.165, 1.54) is 0 Å². The number of hydrogen-bond donors (Lipinski definition) is 2. The van der Waals surface area contributed by atoms with Crippen LogP contribution in [-0.4, -0.2) is 36.9 Å². The summed E-state index contributed by atoms with van der Waals surface area (Å²) >= 11 is 0. The summed E-state index contributed by atoms with van der Waals surface area (Å²) in [4.78, 5) is 24.8. The molecular weight excluding hydrogens is 282 g/mol. The van der Waals surface area contributed by atoms with Gasteiger partial charge in [-0.05, 0) is 19.4 Å². The Bertz CT molecular complexity index is 632. The summed E-state index contributed by atoms with van der Waals surface area (Å²) in [5.74, 6) is -0.511. The minimum Gasteiger partial charge on any atom is -0.462 e. The average molecular weight is 307 g/mol. The van der Waals surface area contributed by atoms with E-state index in [-0.39, 0.29) is 11.8 Å². The van der Waals surface area contributed by atoms with Crippen molar-refractivity contribution < 1.29 is 14.0 Å². The second-order valence-corrected chi connectivity index (χ2v) is 4.96. The van der Waals surface area contributed by atoms with Crippen LogP contribution in [0.1, 0.15) is 33.6 Å². The largest absolute Gasteiger partial charge is 0.462 e. The van der Waals surface area contributed by atoms with E-state index in [0.29, 0.717) is 12.8 Å². The van der Waals surface area contributed by atoms with Crippen molar-refractivity contribution in [1.82, 2.24) is 10.2 Å². The highest BCUT2D eigenvalue weighted by Gasteiger charge is 2.26. The molecule has 1 fully saturated rings. The predicted molar refractivity (Wildman–Crippen MR) is 87.4 cm³/mol. The molecule has 1 aliphatic heterocycles. The van der Waals surface area contributed by atoms with Crippen LogP contribution in [0.2, 0.25) is 0 Å². The highest BCUT2D eigenvalue weighted by molar-refractivity contribution is 6.01. The zero-order chi connectivity index (χ0) is 16.7. The molecule has 22 heavy (non-hydrogen) atoms. The number of carbonyl (C=O) groups excluding carboxylic acids is 2. The number of anilines is 1. The molecule has 1 aliphatic rings. The Hall–Kier alpha value is -2.24. The number of amides is 2. The van der Waals surface area contributed by atoms with Gasteiger partial charge in [-0.2, -0.15) is 0 Å². The molecule has 2 amide bonds. The number of furan rings is 1. The monoisotopic (exact) mass is 307 g/mol. The van der Waals surface area contributed by atoms with Crippen LogP contribution < -0.4 is 21.3 Å². The smallest absolute Gasteiger partial charge is 0.249 e. The van der Waals surface area contributed by atoms with Gasteiger partial charge in [0.15, 0.2) is 0 Å². The van der Waals surface area contributed by atoms with Crippen molar-refractivity contribution in [2.45, 2.75) is 39.7 Å². The molecule has 1 saturated heterocycles. The van der Waals surface area contributed by atoms with Crippen LogP contribution in [0.4, 0.5) is 5.69 Å². The molecule has 1 unspecified atom stereocenters. The van der Waals surface area contributed by atoms with Crippen LogP contribution in [0, 0.1) is 0 Å². The van der Waals surface area contributed by atoms with E-state index in [1.807, 2.05) is 52.0 Å². The van der Waals surface area contributed by atoms with Crippen molar-refractivity contribution >= 4 is 29.8 Å². The van der Waals surface area contributed by atoms with E-state index in [4.69, 9.17) is 4.42 Å². The Labute approximate surface area is 130 Å². The second-order valence-electron chi connectivity index (χ2n) is 4.96. The van der Waals surface area contributed by atoms with Gasteiger partial charge in [0.2, 0.25) is 11.8 Å². The number of carbonyl (C=O) groups is 2. The number of nitrogens with zero attached hydrogens (tertiary/aromatic N) is 1. The first-order chi connectivity index (χ1) is 10.5. The van der Waals surface area contributed by atoms with E-state index in [1.54, 1.807) is 6.26 Å². The minimum atomic E-state index is -0.413. The fourth-order valence-corrected chi connectivity index (χ4v) is 2.13. The highest BCUT2D eigenvalue weighted by atomic mass is 16.3. The van der Waals surface area contributed by atoms with Gasteiger partial charge >= 0.3 is 0 Å². The average Bonchev–Trinajstić information content (AvgIpc) is 2.85. The van der Waals surface area contributed by atoms with Crippen LogP contribution >= 0.6 is 0 Å². The van der Waals surface area contributed by atoms with Gasteiger partial charge in [0.25, 0.3) is 0 Å². The fraction of sp³-hybridized carbons (Fsp3) is 0.500. The van der Waals surface area contributed by atoms with Gasteiger partial charge in [-0.25, -0.2) is 0 Å². The lowest BCUT2D eigenvalue weighted by atomic mass is 10.1. The van der Waals surface area contributed by atoms with E-state index in [0.717, 1.165) is 16.3 Å². The molecule has 0 spiro atoms. The van der Waals surface area contributed by atoms with Crippen LogP contribution in [0.5, 0.6) is 0 Å². The summed E-state index contributed by atoms with van der Waals surface area (Å²) in [5, 5.41) is 6.37. The third-order valence-electron chi connectivity index (χ3n) is 3.08. The van der Waals surface area contributed by atoms with E-state index in [9.17, 15) is 9.59 Å². The molecule has 0 saturated carbocycles. The third-order valence-corrected chi connectivity index (χ3v) is 3.08. The van der Waals surface area contributed by atoms with Crippen molar-refractivity contribution in [1.29, 1.82) is 0 Å². The molecule has 1 atom stereocenters. The first-order valence-electron chi connectivity index (χ1n) is 7.53. The number of piperidine rings is 1. The van der Waals surface area contributed by atoms with Crippen molar-refractivity contribution in [3.63, 3.8) is 0 Å². The molecule has 0 aromatic carbocycles. The van der Waals surface area contributed by atoms with Crippen molar-refractivity contribution in [3.05, 3.63) is 16.9 Å². The summed E-state index contributed by atoms with van der Waals surface area (Å²) in [6.45, 7) is 5.89. The molecule has 2 heterocycles. The predicted octanol–water partition coefficient (Wildman–Crippen LogP) is 0.623. The molecule has 0 bridgehead atoms. The molecule has 2 N–H and O–H groups in total. The maximum absolute atomic E-state index is 11.8. The number of hydrogen-bond acceptors (Lipinski definition) is 5. The summed E-state index contributed by atoms with van der Waals surface area (Å²) < 4.78 is 5.47. The van der Waals surface area contributed by atoms with Gasteiger partial charge in [0, 0.05) is 26.7 Å². The molecule has 1 aromatic rings. The Kier molecular flexibility index (Phi) is 6.69. The maximum Gasteiger partial charge on any atom is 0.249 e. The molecule has 6 nitrogen and oxygen atoms in total. The van der Waals surface area contributed by atoms with E-state index in [2.05, 4.69) is 10.6 Å². The molecule has 122 valence electrons. The SMILES string of the molecule is C/C=c1/occ(NC2CCC(=O)NC2=O)/c1=C/N(C)C.CC. The van der Waals surface area contributed by atoms with Crippen LogP contribution in [0.15, 0.2) is 10.7 Å². The van der Waals surface area contributed by atoms with Crippen LogP contribution in [0.25, 0.3) is 12.3 Å². The number of imide groups is 1. The van der Waals surface area contributed by atoms with Gasteiger partial charge < -0.3 is 14.6 Å². The van der Waals surface area contributed by atoms with Crippen LogP contribution in [-0.2, 0) is 9.59 Å². The lowest BCUT2D eigenvalue weighted by molar-refractivity contribution is -0.133. The second kappa shape index (κ2) is 8.26. The standard InChI is InChI=1S/C14H19N3O3.C2H6/c1-4-12-9(7-17(2)3)11(8-20-12)15-10-5-6-13(18)16-14(10)19;1-2/h4,7-8,10,15H,5-6H2,1-3H3,(H,16,18,19);1-2H3/b9-7-,12-4+;. The van der Waals surface area contributed by atoms with Gasteiger partial charge in [0.1, 0.15) is 17.7 Å². The van der Waals surface area contributed by atoms with Gasteiger partial charge in [-0.15, -0.1) is 0 Å². The normalized spacial score (nSPS) is 19.4. The molecule has 0 radical (unpaired) electrons. The number of nitrogens with one attached hydrogen (secondary N) is 2. The lowest BCUT2D eigenvalue weighted by Crippen LogP contribution is -2.48. The molecule has 1 aromatic heterocycles. The molecular formula is C16H25N3O3. The van der Waals surface area contributed by atoms with Crippen LogP contribution in [0.3, 0.4) is 0 Å². The summed E-state index contributed by atoms with van der Waals surface area (Å²) in [6, 6.07) is -0.413. The minimum absolute atomic E-state index is 0.220. The first-order valence-corrected chi connectivity index (χ1v) is 7.53. The lowest BCUT2D eigenvalue weighted by Gasteiger charge is -2.22. The number of rotatable bonds is 3. The molecule has 0 aliphatic carbocycles. The van der Waals surface area contributed by atoms with E-state index >= 15 is 0 Å². The highest BCUT2D eigenvalue weighted by Crippen LogP contribution is 2.10. The Morgan fingerprint density at radius 1 is 1.36 bits per heavy atom. The maximum atomic E-state index is 11.8. The molecule has 2 rings (SSSR count). The summed E-state index contributed by atoms with van der Waals surface area (Å²) in [5.41, 5.74) is 1.50. The van der Waals surface area contributed by atoms with Crippen molar-refractivity contribution in [3.8, 4) is 0 Å². The summed E-state index contributed by atoms with van der Waals surface area (Å²) in [7, 11) is 3.84. The Balaban J connectivity index is 0.00000116. The Morgan fingerprint density at radius 3 is 2.59 bits per heavy atom. The van der Waals surface area contributed by atoms with Crippen molar-refractivity contribution in [2.75, 3.05) is 19.4 Å². The first kappa shape index (κ1) is 17.8. The van der Waals surface area contributed by atoms with Gasteiger partial charge in [0.05, 0.1) is 10.9 Å². The molecule has 6 heteroatoms. The van der Waals surface area contributed by atoms with Gasteiger partial charge in [-0.3, -0.25) is 14.9 Å².